The number of likely N-dealkylation sites (N-methyl/N-ethyl adjacent to an activating group) is 1. The van der Waals surface area contributed by atoms with Gasteiger partial charge in [0.15, 0.2) is 16.4 Å². The van der Waals surface area contributed by atoms with Crippen LogP contribution in [0.3, 0.4) is 0 Å². The Bertz CT molecular complexity index is 770. The highest BCUT2D eigenvalue weighted by Crippen LogP contribution is 2.22. The van der Waals surface area contributed by atoms with Crippen LogP contribution in [0.5, 0.6) is 0 Å². The van der Waals surface area contributed by atoms with Gasteiger partial charge in [-0.1, -0.05) is 12.1 Å². The van der Waals surface area contributed by atoms with Crippen LogP contribution in [-0.2, 0) is 14.6 Å². The minimum Gasteiger partial charge on any atom is -0.360 e. The molecule has 3 rings (SSSR count). The van der Waals surface area contributed by atoms with Crippen molar-refractivity contribution in [3.63, 3.8) is 0 Å². The number of hydrogen-bond acceptors (Lipinski definition) is 4. The highest BCUT2D eigenvalue weighted by molar-refractivity contribution is 7.91. The van der Waals surface area contributed by atoms with Gasteiger partial charge in [0.05, 0.1) is 37.7 Å². The molecule has 1 atom stereocenters. The van der Waals surface area contributed by atoms with Crippen molar-refractivity contribution in [1.29, 1.82) is 0 Å². The van der Waals surface area contributed by atoms with Gasteiger partial charge in [-0.25, -0.2) is 8.42 Å². The number of aryl methyl sites for hydroxylation is 1. The molecule has 7 heteroatoms. The fraction of sp³-hybridized carbons (Fsp3) is 0.632. The highest BCUT2D eigenvalue weighted by Gasteiger charge is 2.34. The molecule has 2 heterocycles. The molecule has 0 bridgehead atoms. The van der Waals surface area contributed by atoms with Crippen molar-refractivity contribution >= 4 is 21.4 Å². The van der Waals surface area contributed by atoms with Gasteiger partial charge in [-0.3, -0.25) is 4.79 Å². The van der Waals surface area contributed by atoms with Crippen molar-refractivity contribution in [1.82, 2.24) is 4.90 Å². The lowest BCUT2D eigenvalue weighted by atomic mass is 10.1. The van der Waals surface area contributed by atoms with Crippen LogP contribution in [0.1, 0.15) is 17.5 Å². The van der Waals surface area contributed by atoms with Gasteiger partial charge in [-0.05, 0) is 37.5 Å². The molecule has 0 aromatic heterocycles. The number of carbonyl (C=O) groups excluding carboxylic acids is 1. The third-order valence-electron chi connectivity index (χ3n) is 5.94. The van der Waals surface area contributed by atoms with Crippen LogP contribution in [0.25, 0.3) is 0 Å². The van der Waals surface area contributed by atoms with Crippen molar-refractivity contribution in [2.24, 2.45) is 0 Å². The molecule has 1 amide bonds. The topological polar surface area (TPSA) is 62.1 Å². The summed E-state index contributed by atoms with van der Waals surface area (Å²) < 4.78 is 23.3. The van der Waals surface area contributed by atoms with E-state index < -0.39 is 9.84 Å². The standard InChI is InChI=1S/C19H29N3O3S/c1-15-5-4-6-18(16(15)2)22-10-8-21(9-11-22)13-19(23)20(3)17-7-12-26(24,25)14-17/h4-6,17H,7-14H2,1-3H3/p+1/t17-/m1/s1. The van der Waals surface area contributed by atoms with Crippen molar-refractivity contribution in [2.75, 3.05) is 56.2 Å². The van der Waals surface area contributed by atoms with E-state index >= 15 is 0 Å². The number of amides is 1. The van der Waals surface area contributed by atoms with E-state index in [1.807, 2.05) is 0 Å². The van der Waals surface area contributed by atoms with E-state index in [4.69, 9.17) is 0 Å². The Morgan fingerprint density at radius 1 is 1.27 bits per heavy atom. The second-order valence-electron chi connectivity index (χ2n) is 7.69. The summed E-state index contributed by atoms with van der Waals surface area (Å²) in [5.41, 5.74) is 3.93. The van der Waals surface area contributed by atoms with Gasteiger partial charge in [0, 0.05) is 18.8 Å². The number of quaternary nitrogens is 1. The average molecular weight is 381 g/mol. The molecule has 1 N–H and O–H groups in total. The third kappa shape index (κ3) is 4.20. The van der Waals surface area contributed by atoms with Gasteiger partial charge in [0.2, 0.25) is 0 Å². The van der Waals surface area contributed by atoms with Crippen LogP contribution in [0.15, 0.2) is 18.2 Å². The van der Waals surface area contributed by atoms with E-state index in [1.165, 1.54) is 21.7 Å². The van der Waals surface area contributed by atoms with Gasteiger partial charge in [0.25, 0.3) is 5.91 Å². The van der Waals surface area contributed by atoms with Gasteiger partial charge in [0.1, 0.15) is 0 Å². The summed E-state index contributed by atoms with van der Waals surface area (Å²) in [5, 5.41) is 0. The van der Waals surface area contributed by atoms with E-state index in [1.54, 1.807) is 11.9 Å². The molecule has 0 unspecified atom stereocenters. The minimum absolute atomic E-state index is 0.0577. The SMILES string of the molecule is Cc1cccc(N2CC[NH+](CC(=O)N(C)[C@@H]3CCS(=O)(=O)C3)CC2)c1C. The average Bonchev–Trinajstić information content (AvgIpc) is 2.97. The van der Waals surface area contributed by atoms with Gasteiger partial charge in [-0.15, -0.1) is 0 Å². The quantitative estimate of drug-likeness (QED) is 0.776. The van der Waals surface area contributed by atoms with Crippen LogP contribution < -0.4 is 9.80 Å². The highest BCUT2D eigenvalue weighted by atomic mass is 32.2. The maximum absolute atomic E-state index is 12.6. The summed E-state index contributed by atoms with van der Waals surface area (Å²) in [4.78, 5) is 17.9. The molecule has 6 nitrogen and oxygen atoms in total. The molecule has 0 spiro atoms. The number of anilines is 1. The number of nitrogens with one attached hydrogen (secondary N) is 1. The number of benzene rings is 1. The second kappa shape index (κ2) is 7.56. The molecule has 2 aliphatic heterocycles. The summed E-state index contributed by atoms with van der Waals surface area (Å²) >= 11 is 0. The molecule has 2 fully saturated rings. The predicted molar refractivity (Wildman–Crippen MR) is 104 cm³/mol. The largest absolute Gasteiger partial charge is 0.360 e. The van der Waals surface area contributed by atoms with E-state index in [-0.39, 0.29) is 23.5 Å². The Kier molecular flexibility index (Phi) is 5.58. The van der Waals surface area contributed by atoms with E-state index in [9.17, 15) is 13.2 Å². The molecule has 26 heavy (non-hydrogen) atoms. The molecule has 144 valence electrons. The first-order valence-electron chi connectivity index (χ1n) is 9.37. The molecular formula is C19H30N3O3S+. The zero-order valence-electron chi connectivity index (χ0n) is 16.0. The number of nitrogens with zero attached hydrogens (tertiary/aromatic N) is 2. The van der Waals surface area contributed by atoms with Crippen LogP contribution in [0.4, 0.5) is 5.69 Å². The van der Waals surface area contributed by atoms with Gasteiger partial charge >= 0.3 is 0 Å². The molecule has 0 aliphatic carbocycles. The Labute approximate surface area is 156 Å². The zero-order valence-corrected chi connectivity index (χ0v) is 16.8. The summed E-state index contributed by atoms with van der Waals surface area (Å²) in [5.74, 6) is 0.379. The number of piperazine rings is 1. The Hall–Kier alpha value is -1.60. The molecule has 1 aromatic rings. The first-order valence-corrected chi connectivity index (χ1v) is 11.2. The number of carbonyl (C=O) groups is 1. The summed E-state index contributed by atoms with van der Waals surface area (Å²) in [6.45, 7) is 8.48. The monoisotopic (exact) mass is 380 g/mol. The normalized spacial score (nSPS) is 23.2. The molecule has 0 radical (unpaired) electrons. The number of hydrogen-bond donors (Lipinski definition) is 1. The smallest absolute Gasteiger partial charge is 0.277 e. The number of rotatable bonds is 4. The van der Waals surface area contributed by atoms with Crippen molar-refractivity contribution < 1.29 is 18.1 Å². The summed E-state index contributed by atoms with van der Waals surface area (Å²) in [6.07, 6.45) is 0.570. The lowest BCUT2D eigenvalue weighted by Crippen LogP contribution is -3.16. The lowest BCUT2D eigenvalue weighted by molar-refractivity contribution is -0.892. The third-order valence-corrected chi connectivity index (χ3v) is 7.69. The molecular weight excluding hydrogens is 350 g/mol. The van der Waals surface area contributed by atoms with E-state index in [0.29, 0.717) is 13.0 Å². The minimum atomic E-state index is -2.96. The predicted octanol–water partition coefficient (Wildman–Crippen LogP) is -0.346. The second-order valence-corrected chi connectivity index (χ2v) is 9.92. The van der Waals surface area contributed by atoms with Crippen LogP contribution in [0.2, 0.25) is 0 Å². The van der Waals surface area contributed by atoms with Gasteiger partial charge in [-0.2, -0.15) is 0 Å². The summed E-state index contributed by atoms with van der Waals surface area (Å²) in [6, 6.07) is 6.26. The van der Waals surface area contributed by atoms with E-state index in [2.05, 4.69) is 36.9 Å². The first-order chi connectivity index (χ1) is 12.3. The molecule has 1 aromatic carbocycles. The van der Waals surface area contributed by atoms with Crippen LogP contribution in [0, 0.1) is 13.8 Å². The molecule has 2 saturated heterocycles. The maximum atomic E-state index is 12.6. The molecule has 0 saturated carbocycles. The Morgan fingerprint density at radius 2 is 1.96 bits per heavy atom. The lowest BCUT2D eigenvalue weighted by Gasteiger charge is -2.35. The number of sulfone groups is 1. The van der Waals surface area contributed by atoms with Crippen molar-refractivity contribution in [3.8, 4) is 0 Å². The van der Waals surface area contributed by atoms with Crippen molar-refractivity contribution in [2.45, 2.75) is 26.3 Å². The Morgan fingerprint density at radius 3 is 2.58 bits per heavy atom. The fourth-order valence-corrected chi connectivity index (χ4v) is 5.72. The first kappa shape index (κ1) is 19.2. The van der Waals surface area contributed by atoms with E-state index in [0.717, 1.165) is 26.2 Å². The van der Waals surface area contributed by atoms with Crippen molar-refractivity contribution in [3.05, 3.63) is 29.3 Å². The summed E-state index contributed by atoms with van der Waals surface area (Å²) in [7, 11) is -1.21. The van der Waals surface area contributed by atoms with Gasteiger partial charge < -0.3 is 14.7 Å². The fourth-order valence-electron chi connectivity index (χ4n) is 3.94. The van der Waals surface area contributed by atoms with Crippen LogP contribution >= 0.6 is 0 Å². The zero-order chi connectivity index (χ0) is 18.9. The maximum Gasteiger partial charge on any atom is 0.277 e. The van der Waals surface area contributed by atoms with Crippen LogP contribution in [-0.4, -0.2) is 76.5 Å². The Balaban J connectivity index is 1.52. The molecule has 2 aliphatic rings.